The lowest BCUT2D eigenvalue weighted by Crippen LogP contribution is -2.49. The molecule has 3 N–H and O–H groups in total. The Morgan fingerprint density at radius 1 is 1.34 bits per heavy atom. The molecule has 1 aromatic rings. The average molecular weight is 529 g/mol. The zero-order valence-corrected chi connectivity index (χ0v) is 18.7. The van der Waals surface area contributed by atoms with E-state index in [4.69, 9.17) is 0 Å². The number of nitrogens with one attached hydrogen (secondary N) is 3. The number of hydrogen-bond acceptors (Lipinski definition) is 4. The summed E-state index contributed by atoms with van der Waals surface area (Å²) in [4.78, 5) is 17.6. The van der Waals surface area contributed by atoms with E-state index in [0.29, 0.717) is 12.5 Å². The minimum Gasteiger partial charge on any atom is -0.434 e. The summed E-state index contributed by atoms with van der Waals surface area (Å²) < 4.78 is 43.4. The van der Waals surface area contributed by atoms with E-state index in [0.717, 1.165) is 25.9 Å². The Hall–Kier alpha value is -1.76. The van der Waals surface area contributed by atoms with E-state index in [-0.39, 0.29) is 53.8 Å². The topological polar surface area (TPSA) is 78.0 Å². The standard InChI is InChI=1S/C18H26F3N5O2.HI/c1-22-16(27)11-26-8-6-12(7-9-26)25-18(23-2)24-10-13-14(19)4-3-5-15(13)28-17(20)21;/h3-5,12,17H,6-11H2,1-2H3,(H,22,27)(H2,23,24,25);1H. The zero-order valence-electron chi connectivity index (χ0n) is 16.4. The molecule has 1 fully saturated rings. The van der Waals surface area contributed by atoms with Crippen molar-refractivity contribution in [1.29, 1.82) is 0 Å². The number of aliphatic imine (C=N–C) groups is 1. The number of carbonyl (C=O) groups is 1. The number of nitrogens with zero attached hydrogens (tertiary/aromatic N) is 2. The number of piperidine rings is 1. The predicted octanol–water partition coefficient (Wildman–Crippen LogP) is 1.92. The molecule has 0 atom stereocenters. The Kier molecular flexibility index (Phi) is 11.1. The molecule has 0 unspecified atom stereocenters. The van der Waals surface area contributed by atoms with Gasteiger partial charge in [-0.15, -0.1) is 24.0 Å². The van der Waals surface area contributed by atoms with Gasteiger partial charge < -0.3 is 20.7 Å². The van der Waals surface area contributed by atoms with Crippen molar-refractivity contribution >= 4 is 35.8 Å². The van der Waals surface area contributed by atoms with Crippen LogP contribution in [0.3, 0.4) is 0 Å². The second kappa shape index (κ2) is 12.7. The van der Waals surface area contributed by atoms with Crippen LogP contribution in [0.15, 0.2) is 23.2 Å². The number of rotatable bonds is 7. The second-order valence-electron chi connectivity index (χ2n) is 6.39. The molecule has 0 bridgehead atoms. The van der Waals surface area contributed by atoms with E-state index >= 15 is 0 Å². The Morgan fingerprint density at radius 3 is 2.62 bits per heavy atom. The van der Waals surface area contributed by atoms with Gasteiger partial charge in [-0.1, -0.05) is 6.07 Å². The Balaban J connectivity index is 0.00000420. The molecular weight excluding hydrogens is 502 g/mol. The van der Waals surface area contributed by atoms with Crippen LogP contribution in [0.4, 0.5) is 13.2 Å². The van der Waals surface area contributed by atoms with Gasteiger partial charge in [0.05, 0.1) is 6.54 Å². The molecule has 29 heavy (non-hydrogen) atoms. The SMILES string of the molecule is CN=C(NCc1c(F)cccc1OC(F)F)NC1CCN(CC(=O)NC)CC1.I. The molecule has 7 nitrogen and oxygen atoms in total. The summed E-state index contributed by atoms with van der Waals surface area (Å²) in [6, 6.07) is 3.94. The van der Waals surface area contributed by atoms with Gasteiger partial charge >= 0.3 is 6.61 Å². The van der Waals surface area contributed by atoms with E-state index in [1.54, 1.807) is 14.1 Å². The summed E-state index contributed by atoms with van der Waals surface area (Å²) in [6.45, 7) is -1.18. The molecule has 11 heteroatoms. The third kappa shape index (κ3) is 8.25. The van der Waals surface area contributed by atoms with Crippen LogP contribution >= 0.6 is 24.0 Å². The smallest absolute Gasteiger partial charge is 0.387 e. The first-order chi connectivity index (χ1) is 13.4. The second-order valence-corrected chi connectivity index (χ2v) is 6.39. The van der Waals surface area contributed by atoms with Gasteiger partial charge in [-0.2, -0.15) is 8.78 Å². The molecule has 1 saturated heterocycles. The van der Waals surface area contributed by atoms with Crippen molar-refractivity contribution in [3.05, 3.63) is 29.6 Å². The van der Waals surface area contributed by atoms with Gasteiger partial charge in [0.2, 0.25) is 5.91 Å². The number of amides is 1. The minimum atomic E-state index is -3.03. The van der Waals surface area contributed by atoms with Crippen LogP contribution in [0.25, 0.3) is 0 Å². The summed E-state index contributed by atoms with van der Waals surface area (Å²) in [5.74, 6) is -0.421. The third-order valence-electron chi connectivity index (χ3n) is 4.52. The van der Waals surface area contributed by atoms with Gasteiger partial charge in [-0.3, -0.25) is 14.7 Å². The summed E-state index contributed by atoms with van der Waals surface area (Å²) in [6.07, 6.45) is 1.63. The molecular formula is C18H27F3IN5O2. The lowest BCUT2D eigenvalue weighted by atomic mass is 10.1. The number of likely N-dealkylation sites (N-methyl/N-ethyl adjacent to an activating group) is 1. The molecule has 0 spiro atoms. The number of halogens is 4. The number of likely N-dealkylation sites (tertiary alicyclic amines) is 1. The largest absolute Gasteiger partial charge is 0.434 e. The number of alkyl halides is 2. The van der Waals surface area contributed by atoms with Gasteiger partial charge in [-0.05, 0) is 25.0 Å². The lowest BCUT2D eigenvalue weighted by molar-refractivity contribution is -0.122. The van der Waals surface area contributed by atoms with Crippen molar-refractivity contribution in [3.8, 4) is 5.75 Å². The van der Waals surface area contributed by atoms with Crippen molar-refractivity contribution in [3.63, 3.8) is 0 Å². The van der Waals surface area contributed by atoms with Crippen LogP contribution in [0, 0.1) is 5.82 Å². The van der Waals surface area contributed by atoms with E-state index in [1.165, 1.54) is 18.2 Å². The third-order valence-corrected chi connectivity index (χ3v) is 4.52. The van der Waals surface area contributed by atoms with E-state index in [2.05, 4.69) is 30.6 Å². The quantitative estimate of drug-likeness (QED) is 0.286. The number of carbonyl (C=O) groups excluding carboxylic acids is 1. The highest BCUT2D eigenvalue weighted by atomic mass is 127. The maximum absolute atomic E-state index is 14.0. The van der Waals surface area contributed by atoms with E-state index in [9.17, 15) is 18.0 Å². The lowest BCUT2D eigenvalue weighted by Gasteiger charge is -2.32. The molecule has 2 rings (SSSR count). The first-order valence-corrected chi connectivity index (χ1v) is 9.05. The molecule has 1 heterocycles. The Morgan fingerprint density at radius 2 is 2.03 bits per heavy atom. The maximum atomic E-state index is 14.0. The van der Waals surface area contributed by atoms with Crippen molar-refractivity contribution in [1.82, 2.24) is 20.9 Å². The van der Waals surface area contributed by atoms with Crippen molar-refractivity contribution in [2.75, 3.05) is 33.7 Å². The van der Waals surface area contributed by atoms with Crippen LogP contribution in [0.1, 0.15) is 18.4 Å². The molecule has 1 amide bonds. The zero-order chi connectivity index (χ0) is 20.5. The molecule has 164 valence electrons. The normalized spacial score (nSPS) is 15.6. The van der Waals surface area contributed by atoms with Gasteiger partial charge in [0.15, 0.2) is 5.96 Å². The minimum absolute atomic E-state index is 0. The molecule has 0 aliphatic carbocycles. The molecule has 1 aromatic carbocycles. The van der Waals surface area contributed by atoms with Crippen molar-refractivity contribution < 1.29 is 22.7 Å². The first-order valence-electron chi connectivity index (χ1n) is 9.05. The van der Waals surface area contributed by atoms with Crippen LogP contribution in [0.5, 0.6) is 5.75 Å². The number of hydrogen-bond donors (Lipinski definition) is 3. The molecule has 0 radical (unpaired) electrons. The summed E-state index contributed by atoms with van der Waals surface area (Å²) >= 11 is 0. The van der Waals surface area contributed by atoms with Crippen LogP contribution in [-0.4, -0.2) is 63.1 Å². The van der Waals surface area contributed by atoms with E-state index in [1.807, 2.05) is 0 Å². The van der Waals surface area contributed by atoms with Gasteiger partial charge in [-0.25, -0.2) is 4.39 Å². The molecule has 1 aliphatic rings. The van der Waals surface area contributed by atoms with Crippen molar-refractivity contribution in [2.45, 2.75) is 32.0 Å². The van der Waals surface area contributed by atoms with Crippen LogP contribution < -0.4 is 20.7 Å². The van der Waals surface area contributed by atoms with Crippen LogP contribution in [0.2, 0.25) is 0 Å². The molecule has 0 saturated carbocycles. The highest BCUT2D eigenvalue weighted by Crippen LogP contribution is 2.23. The molecule has 0 aromatic heterocycles. The van der Waals surface area contributed by atoms with E-state index < -0.39 is 12.4 Å². The first kappa shape index (κ1) is 25.3. The predicted molar refractivity (Wildman–Crippen MR) is 115 cm³/mol. The fourth-order valence-corrected chi connectivity index (χ4v) is 2.99. The number of benzene rings is 1. The highest BCUT2D eigenvalue weighted by molar-refractivity contribution is 14.0. The van der Waals surface area contributed by atoms with Gasteiger partial charge in [0.25, 0.3) is 0 Å². The number of ether oxygens (including phenoxy) is 1. The summed E-state index contributed by atoms with van der Waals surface area (Å²) in [5.41, 5.74) is 0.00569. The fraction of sp³-hybridized carbons (Fsp3) is 0.556. The summed E-state index contributed by atoms with van der Waals surface area (Å²) in [7, 11) is 3.19. The van der Waals surface area contributed by atoms with Crippen molar-refractivity contribution in [2.24, 2.45) is 4.99 Å². The summed E-state index contributed by atoms with van der Waals surface area (Å²) in [5, 5.41) is 8.78. The molecule has 1 aliphatic heterocycles. The monoisotopic (exact) mass is 529 g/mol. The van der Waals surface area contributed by atoms with Gasteiger partial charge in [0, 0.05) is 45.3 Å². The Bertz CT molecular complexity index is 685. The number of guanidine groups is 1. The van der Waals surface area contributed by atoms with Gasteiger partial charge in [0.1, 0.15) is 11.6 Å². The Labute approximate surface area is 185 Å². The highest BCUT2D eigenvalue weighted by Gasteiger charge is 2.21. The maximum Gasteiger partial charge on any atom is 0.387 e. The fourth-order valence-electron chi connectivity index (χ4n) is 2.99. The average Bonchev–Trinajstić information content (AvgIpc) is 2.67. The van der Waals surface area contributed by atoms with Crippen LogP contribution in [-0.2, 0) is 11.3 Å².